The lowest BCUT2D eigenvalue weighted by Crippen LogP contribution is -2.03. The van der Waals surface area contributed by atoms with Gasteiger partial charge in [-0.05, 0) is 118 Å². The summed E-state index contributed by atoms with van der Waals surface area (Å²) in [5, 5.41) is 2.83. The van der Waals surface area contributed by atoms with Crippen molar-refractivity contribution in [2.45, 2.75) is 62.3 Å². The van der Waals surface area contributed by atoms with Gasteiger partial charge in [-0.3, -0.25) is 4.98 Å². The topological polar surface area (TPSA) is 17.8 Å². The van der Waals surface area contributed by atoms with Gasteiger partial charge in [-0.2, -0.15) is 0 Å². The molecule has 2 heterocycles. The van der Waals surface area contributed by atoms with Crippen molar-refractivity contribution < 1.29 is 0 Å². The molecule has 0 aliphatic rings. The highest BCUT2D eigenvalue weighted by Crippen LogP contribution is 2.43. The second kappa shape index (κ2) is 6.20. The molecule has 4 rings (SSSR count). The van der Waals surface area contributed by atoms with E-state index in [1.807, 2.05) is 12.4 Å². The number of hydrogen-bond donors (Lipinski definition) is 0. The zero-order valence-electron chi connectivity index (χ0n) is 18.6. The predicted octanol–water partition coefficient (Wildman–Crippen LogP) is 6.95. The molecule has 0 saturated carbocycles. The molecular formula is C26H30N2. The van der Waals surface area contributed by atoms with Gasteiger partial charge in [0.15, 0.2) is 0 Å². The van der Waals surface area contributed by atoms with Crippen LogP contribution < -0.4 is 0 Å². The van der Waals surface area contributed by atoms with E-state index in [9.17, 15) is 0 Å². The van der Waals surface area contributed by atoms with Gasteiger partial charge in [0.05, 0.1) is 16.7 Å². The lowest BCUT2D eigenvalue weighted by molar-refractivity contribution is 1.09. The van der Waals surface area contributed by atoms with E-state index >= 15 is 0 Å². The van der Waals surface area contributed by atoms with Gasteiger partial charge in [0.25, 0.3) is 0 Å². The smallest absolute Gasteiger partial charge is 0.0576 e. The molecule has 0 fully saturated rings. The van der Waals surface area contributed by atoms with E-state index in [0.717, 1.165) is 0 Å². The van der Waals surface area contributed by atoms with Crippen LogP contribution in [0.25, 0.3) is 27.5 Å². The first kappa shape index (κ1) is 18.7. The molecule has 2 aromatic heterocycles. The number of rotatable bonds is 1. The Kier molecular flexibility index (Phi) is 4.15. The molecule has 144 valence electrons. The van der Waals surface area contributed by atoms with Crippen molar-refractivity contribution in [1.29, 1.82) is 0 Å². The van der Waals surface area contributed by atoms with Crippen molar-refractivity contribution >= 4 is 21.8 Å². The summed E-state index contributed by atoms with van der Waals surface area (Å²) in [6, 6.07) is 2.15. The SMILES string of the molecule is Cc1cnccc1-n1c2c(C)c(C)c(C)c(C)c2c2c(C)c(C)c(C)c(C)c21. The monoisotopic (exact) mass is 370 g/mol. The maximum absolute atomic E-state index is 4.34. The molecule has 0 amide bonds. The van der Waals surface area contributed by atoms with Gasteiger partial charge in [0, 0.05) is 23.2 Å². The van der Waals surface area contributed by atoms with Gasteiger partial charge < -0.3 is 4.57 Å². The predicted molar refractivity (Wildman–Crippen MR) is 121 cm³/mol. The number of benzene rings is 2. The van der Waals surface area contributed by atoms with Gasteiger partial charge in [-0.1, -0.05) is 0 Å². The minimum absolute atomic E-state index is 1.20. The normalized spacial score (nSPS) is 11.8. The van der Waals surface area contributed by atoms with Crippen LogP contribution in [0.4, 0.5) is 0 Å². The van der Waals surface area contributed by atoms with Gasteiger partial charge in [-0.15, -0.1) is 0 Å². The summed E-state index contributed by atoms with van der Waals surface area (Å²) >= 11 is 0. The molecule has 2 nitrogen and oxygen atoms in total. The lowest BCUT2D eigenvalue weighted by atomic mass is 9.90. The number of aryl methyl sites for hydroxylation is 5. The number of aromatic nitrogens is 2. The maximum atomic E-state index is 4.34. The Morgan fingerprint density at radius 2 is 1.00 bits per heavy atom. The van der Waals surface area contributed by atoms with Crippen LogP contribution >= 0.6 is 0 Å². The molecule has 2 heteroatoms. The average Bonchev–Trinajstić information content (AvgIpc) is 3.04. The van der Waals surface area contributed by atoms with Crippen molar-refractivity contribution in [1.82, 2.24) is 9.55 Å². The second-order valence-corrected chi connectivity index (χ2v) is 8.44. The van der Waals surface area contributed by atoms with E-state index in [0.29, 0.717) is 0 Å². The summed E-state index contributed by atoms with van der Waals surface area (Å²) in [5.41, 5.74) is 16.3. The van der Waals surface area contributed by atoms with Crippen LogP contribution in [0.2, 0.25) is 0 Å². The molecule has 4 aromatic rings. The van der Waals surface area contributed by atoms with Crippen LogP contribution in [0.15, 0.2) is 18.5 Å². The molecule has 0 N–H and O–H groups in total. The zero-order chi connectivity index (χ0) is 20.5. The molecule has 0 saturated heterocycles. The standard InChI is InChI=1S/C26H30N2/c1-13-12-27-11-10-22(13)28-25-20(8)16(4)14(2)18(6)23(25)24-19(7)15(3)17(5)21(9)26(24)28/h10-12H,1-9H3. The van der Waals surface area contributed by atoms with Crippen molar-refractivity contribution in [3.8, 4) is 5.69 Å². The van der Waals surface area contributed by atoms with Crippen LogP contribution in [0.1, 0.15) is 50.1 Å². The highest BCUT2D eigenvalue weighted by atomic mass is 15.0. The third-order valence-electron chi connectivity index (χ3n) is 7.24. The molecule has 0 aliphatic carbocycles. The van der Waals surface area contributed by atoms with E-state index < -0.39 is 0 Å². The number of nitrogens with zero attached hydrogens (tertiary/aromatic N) is 2. The fraction of sp³-hybridized carbons (Fsp3) is 0.346. The van der Waals surface area contributed by atoms with Crippen molar-refractivity contribution in [2.24, 2.45) is 0 Å². The maximum Gasteiger partial charge on any atom is 0.0576 e. The summed E-state index contributed by atoms with van der Waals surface area (Å²) in [6.45, 7) is 20.3. The molecule has 2 aromatic carbocycles. The molecule has 0 bridgehead atoms. The number of fused-ring (bicyclic) bond motifs is 3. The van der Waals surface area contributed by atoms with E-state index in [4.69, 9.17) is 0 Å². The van der Waals surface area contributed by atoms with Crippen LogP contribution in [0.3, 0.4) is 0 Å². The second-order valence-electron chi connectivity index (χ2n) is 8.44. The minimum atomic E-state index is 1.20. The van der Waals surface area contributed by atoms with E-state index in [1.165, 1.54) is 77.6 Å². The van der Waals surface area contributed by atoms with Crippen molar-refractivity contribution in [3.05, 3.63) is 68.5 Å². The fourth-order valence-electron chi connectivity index (χ4n) is 4.83. The van der Waals surface area contributed by atoms with Gasteiger partial charge in [-0.25, -0.2) is 0 Å². The Labute approximate surface area is 168 Å². The van der Waals surface area contributed by atoms with Crippen LogP contribution in [-0.4, -0.2) is 9.55 Å². The Morgan fingerprint density at radius 1 is 0.571 bits per heavy atom. The summed E-state index contributed by atoms with van der Waals surface area (Å²) < 4.78 is 2.51. The fourth-order valence-corrected chi connectivity index (χ4v) is 4.83. The molecule has 0 atom stereocenters. The summed E-state index contributed by atoms with van der Waals surface area (Å²) in [7, 11) is 0. The van der Waals surface area contributed by atoms with E-state index in [1.54, 1.807) is 0 Å². The third kappa shape index (κ3) is 2.24. The Bertz CT molecular complexity index is 1210. The van der Waals surface area contributed by atoms with E-state index in [2.05, 4.69) is 77.9 Å². The lowest BCUT2D eigenvalue weighted by Gasteiger charge is -2.17. The van der Waals surface area contributed by atoms with Gasteiger partial charge >= 0.3 is 0 Å². The average molecular weight is 371 g/mol. The summed E-state index contributed by atoms with van der Waals surface area (Å²) in [6.07, 6.45) is 3.88. The molecular weight excluding hydrogens is 340 g/mol. The van der Waals surface area contributed by atoms with Crippen molar-refractivity contribution in [3.63, 3.8) is 0 Å². The highest BCUT2D eigenvalue weighted by molar-refractivity contribution is 6.15. The molecule has 28 heavy (non-hydrogen) atoms. The first-order valence-electron chi connectivity index (χ1n) is 10.1. The number of pyridine rings is 1. The van der Waals surface area contributed by atoms with Crippen LogP contribution in [0, 0.1) is 62.3 Å². The number of hydrogen-bond acceptors (Lipinski definition) is 1. The molecule has 0 unspecified atom stereocenters. The quantitative estimate of drug-likeness (QED) is 0.354. The molecule has 0 spiro atoms. The van der Waals surface area contributed by atoms with Gasteiger partial charge in [0.2, 0.25) is 0 Å². The Morgan fingerprint density at radius 3 is 1.43 bits per heavy atom. The molecule has 0 radical (unpaired) electrons. The Balaban J connectivity index is 2.47. The first-order valence-corrected chi connectivity index (χ1v) is 10.1. The van der Waals surface area contributed by atoms with Gasteiger partial charge in [0.1, 0.15) is 0 Å². The summed E-state index contributed by atoms with van der Waals surface area (Å²) in [5.74, 6) is 0. The highest BCUT2D eigenvalue weighted by Gasteiger charge is 2.24. The third-order valence-corrected chi connectivity index (χ3v) is 7.24. The van der Waals surface area contributed by atoms with Crippen molar-refractivity contribution in [2.75, 3.05) is 0 Å². The Hall–Kier alpha value is -2.61. The molecule has 0 aliphatic heterocycles. The van der Waals surface area contributed by atoms with Crippen LogP contribution in [0.5, 0.6) is 0 Å². The van der Waals surface area contributed by atoms with E-state index in [-0.39, 0.29) is 0 Å². The summed E-state index contributed by atoms with van der Waals surface area (Å²) in [4.78, 5) is 4.34. The van der Waals surface area contributed by atoms with Crippen LogP contribution in [-0.2, 0) is 0 Å². The largest absolute Gasteiger partial charge is 0.308 e. The zero-order valence-corrected chi connectivity index (χ0v) is 18.6. The minimum Gasteiger partial charge on any atom is -0.308 e. The first-order chi connectivity index (χ1) is 13.2.